The molecule has 1 N–H and O–H groups in total. The number of fused-ring (bicyclic) bond motifs is 1. The average molecular weight is 179 g/mol. The van der Waals surface area contributed by atoms with Crippen molar-refractivity contribution in [2.75, 3.05) is 11.1 Å². The summed E-state index contributed by atoms with van der Waals surface area (Å²) in [5, 5.41) is 2.69. The van der Waals surface area contributed by atoms with Gasteiger partial charge in [-0.05, 0) is 19.1 Å². The highest BCUT2D eigenvalue weighted by atomic mass is 32.2. The van der Waals surface area contributed by atoms with Crippen molar-refractivity contribution in [3.63, 3.8) is 0 Å². The summed E-state index contributed by atoms with van der Waals surface area (Å²) < 4.78 is 0. The van der Waals surface area contributed by atoms with Crippen LogP contribution in [0.2, 0.25) is 0 Å². The number of thioether (sulfide) groups is 1. The van der Waals surface area contributed by atoms with E-state index < -0.39 is 0 Å². The first-order valence-electron chi connectivity index (χ1n) is 3.51. The lowest BCUT2D eigenvalue weighted by Crippen LogP contribution is -2.19. The van der Waals surface area contributed by atoms with E-state index >= 15 is 0 Å². The molecule has 0 saturated carbocycles. The van der Waals surface area contributed by atoms with E-state index in [0.29, 0.717) is 17.3 Å². The number of carbonyl (C=O) groups is 1. The topological polar surface area (TPSA) is 42.0 Å². The van der Waals surface area contributed by atoms with Crippen LogP contribution >= 0.6 is 11.8 Å². The Morgan fingerprint density at radius 3 is 3.25 bits per heavy atom. The van der Waals surface area contributed by atoms with Gasteiger partial charge in [0.25, 0.3) is 0 Å². The normalized spacial score (nSPS) is 15.2. The number of aromatic nitrogens is 1. The molecule has 12 heavy (non-hydrogen) atoms. The Morgan fingerprint density at radius 1 is 1.58 bits per heavy atom. The molecule has 0 unspecified atom stereocenters. The molecular formula is C8H7N2OS. The molecule has 1 aliphatic heterocycles. The molecule has 1 radical (unpaired) electrons. The third-order valence-corrected chi connectivity index (χ3v) is 2.58. The van der Waals surface area contributed by atoms with Gasteiger partial charge in [0.15, 0.2) is 0 Å². The van der Waals surface area contributed by atoms with E-state index in [9.17, 15) is 4.79 Å². The molecular weight excluding hydrogens is 172 g/mol. The summed E-state index contributed by atoms with van der Waals surface area (Å²) >= 11 is 1.50. The smallest absolute Gasteiger partial charge is 0.235 e. The lowest BCUT2D eigenvalue weighted by atomic mass is 10.3. The highest BCUT2D eigenvalue weighted by Gasteiger charge is 2.15. The number of nitrogens with zero attached hydrogens (tertiary/aromatic N) is 1. The number of hydrogen-bond donors (Lipinski definition) is 1. The van der Waals surface area contributed by atoms with Crippen molar-refractivity contribution in [1.82, 2.24) is 4.98 Å². The zero-order valence-corrected chi connectivity index (χ0v) is 7.15. The lowest BCUT2D eigenvalue weighted by Gasteiger charge is -2.14. The second-order valence-electron chi connectivity index (χ2n) is 2.49. The number of pyridine rings is 1. The van der Waals surface area contributed by atoms with Gasteiger partial charge < -0.3 is 5.32 Å². The fourth-order valence-electron chi connectivity index (χ4n) is 1.00. The van der Waals surface area contributed by atoms with Gasteiger partial charge in [0, 0.05) is 5.69 Å². The Hall–Kier alpha value is -1.03. The molecule has 0 atom stereocenters. The van der Waals surface area contributed by atoms with E-state index in [1.807, 2.05) is 12.1 Å². The second kappa shape index (κ2) is 2.79. The first-order chi connectivity index (χ1) is 5.75. The number of carbonyl (C=O) groups excluding carboxylic acids is 1. The molecule has 1 aliphatic rings. The van der Waals surface area contributed by atoms with E-state index in [2.05, 4.69) is 17.2 Å². The summed E-state index contributed by atoms with van der Waals surface area (Å²) in [5.74, 6) is 1.12. The van der Waals surface area contributed by atoms with Gasteiger partial charge in [-0.25, -0.2) is 4.98 Å². The molecule has 1 aromatic rings. The largest absolute Gasteiger partial charge is 0.309 e. The number of hydrogen-bond acceptors (Lipinski definition) is 3. The minimum atomic E-state index is 0.00519. The van der Waals surface area contributed by atoms with Gasteiger partial charge in [-0.1, -0.05) is 0 Å². The van der Waals surface area contributed by atoms with Gasteiger partial charge in [0.1, 0.15) is 5.82 Å². The minimum Gasteiger partial charge on any atom is -0.309 e. The molecule has 0 aromatic carbocycles. The van der Waals surface area contributed by atoms with E-state index in [1.165, 1.54) is 11.8 Å². The van der Waals surface area contributed by atoms with Crippen molar-refractivity contribution in [1.29, 1.82) is 0 Å². The summed E-state index contributed by atoms with van der Waals surface area (Å²) in [6.07, 6.45) is 0. The van der Waals surface area contributed by atoms with Crippen molar-refractivity contribution in [3.8, 4) is 0 Å². The Morgan fingerprint density at radius 2 is 2.42 bits per heavy atom. The van der Waals surface area contributed by atoms with Crippen molar-refractivity contribution >= 4 is 23.5 Å². The SMILES string of the molecule is [CH2]c1ccc2c(n1)NC(=O)CS2. The zero-order valence-electron chi connectivity index (χ0n) is 6.33. The monoisotopic (exact) mass is 179 g/mol. The van der Waals surface area contributed by atoms with Crippen LogP contribution in [0.1, 0.15) is 5.69 Å². The van der Waals surface area contributed by atoms with Crippen molar-refractivity contribution in [2.24, 2.45) is 0 Å². The summed E-state index contributed by atoms with van der Waals surface area (Å²) in [5.41, 5.74) is 0.677. The van der Waals surface area contributed by atoms with Gasteiger partial charge in [0.05, 0.1) is 10.6 Å². The quantitative estimate of drug-likeness (QED) is 0.653. The van der Waals surface area contributed by atoms with Crippen LogP contribution in [-0.4, -0.2) is 16.6 Å². The van der Waals surface area contributed by atoms with Crippen LogP contribution in [-0.2, 0) is 4.79 Å². The lowest BCUT2D eigenvalue weighted by molar-refractivity contribution is -0.113. The first-order valence-corrected chi connectivity index (χ1v) is 4.50. The molecule has 61 valence electrons. The van der Waals surface area contributed by atoms with Gasteiger partial charge in [-0.15, -0.1) is 11.8 Å². The highest BCUT2D eigenvalue weighted by Crippen LogP contribution is 2.29. The fraction of sp³-hybridized carbons (Fsp3) is 0.125. The molecule has 2 rings (SSSR count). The fourth-order valence-corrected chi connectivity index (χ4v) is 1.76. The maximum absolute atomic E-state index is 10.9. The summed E-state index contributed by atoms with van der Waals surface area (Å²) in [6, 6.07) is 3.76. The molecule has 3 nitrogen and oxygen atoms in total. The molecule has 1 aromatic heterocycles. The van der Waals surface area contributed by atoms with Crippen molar-refractivity contribution in [2.45, 2.75) is 4.90 Å². The molecule has 0 bridgehead atoms. The van der Waals surface area contributed by atoms with Gasteiger partial charge in [-0.3, -0.25) is 4.79 Å². The Bertz CT molecular complexity index is 338. The zero-order chi connectivity index (χ0) is 8.55. The summed E-state index contributed by atoms with van der Waals surface area (Å²) in [6.45, 7) is 3.68. The third kappa shape index (κ3) is 1.30. The number of rotatable bonds is 0. The van der Waals surface area contributed by atoms with E-state index in [0.717, 1.165) is 4.90 Å². The molecule has 1 amide bonds. The Kier molecular flexibility index (Phi) is 1.77. The maximum atomic E-state index is 10.9. The van der Waals surface area contributed by atoms with Crippen molar-refractivity contribution < 1.29 is 4.79 Å². The second-order valence-corrected chi connectivity index (χ2v) is 3.50. The summed E-state index contributed by atoms with van der Waals surface area (Å²) in [7, 11) is 0. The maximum Gasteiger partial charge on any atom is 0.235 e. The molecule has 0 spiro atoms. The number of anilines is 1. The van der Waals surface area contributed by atoms with Crippen LogP contribution in [0.25, 0.3) is 0 Å². The van der Waals surface area contributed by atoms with Crippen LogP contribution in [0.4, 0.5) is 5.82 Å². The number of nitrogens with one attached hydrogen (secondary N) is 1. The molecule has 0 saturated heterocycles. The highest BCUT2D eigenvalue weighted by molar-refractivity contribution is 8.00. The van der Waals surface area contributed by atoms with Gasteiger partial charge in [-0.2, -0.15) is 0 Å². The van der Waals surface area contributed by atoms with Crippen LogP contribution < -0.4 is 5.32 Å². The molecule has 0 fully saturated rings. The number of amides is 1. The summed E-state index contributed by atoms with van der Waals surface area (Å²) in [4.78, 5) is 16.1. The van der Waals surface area contributed by atoms with Crippen molar-refractivity contribution in [3.05, 3.63) is 24.8 Å². The van der Waals surface area contributed by atoms with E-state index in [-0.39, 0.29) is 5.91 Å². The van der Waals surface area contributed by atoms with Crippen LogP contribution in [0.3, 0.4) is 0 Å². The van der Waals surface area contributed by atoms with Gasteiger partial charge >= 0.3 is 0 Å². The van der Waals surface area contributed by atoms with E-state index in [4.69, 9.17) is 0 Å². The minimum absolute atomic E-state index is 0.00519. The Labute approximate surface area is 74.6 Å². The average Bonchev–Trinajstić information content (AvgIpc) is 2.03. The van der Waals surface area contributed by atoms with Gasteiger partial charge in [0.2, 0.25) is 5.91 Å². The van der Waals surface area contributed by atoms with E-state index in [1.54, 1.807) is 0 Å². The Balaban J connectivity index is 2.44. The first kappa shape index (κ1) is 7.61. The molecule has 4 heteroatoms. The molecule has 2 heterocycles. The predicted molar refractivity (Wildman–Crippen MR) is 48.0 cm³/mol. The third-order valence-electron chi connectivity index (χ3n) is 1.53. The standard InChI is InChI=1S/C8H7N2OS/c1-5-2-3-6-8(9-5)10-7(11)4-12-6/h2-3H,1,4H2,(H,9,10,11). The van der Waals surface area contributed by atoms with Crippen LogP contribution in [0, 0.1) is 6.92 Å². The predicted octanol–water partition coefficient (Wildman–Crippen LogP) is 1.31. The van der Waals surface area contributed by atoms with Crippen LogP contribution in [0.5, 0.6) is 0 Å². The van der Waals surface area contributed by atoms with Crippen LogP contribution in [0.15, 0.2) is 17.0 Å². The molecule has 0 aliphatic carbocycles.